The van der Waals surface area contributed by atoms with E-state index < -0.39 is 6.10 Å². The first kappa shape index (κ1) is 59.9. The molecule has 0 aliphatic heterocycles. The summed E-state index contributed by atoms with van der Waals surface area (Å²) in [7, 11) is 0. The molecule has 0 bridgehead atoms. The van der Waals surface area contributed by atoms with Crippen LogP contribution in [-0.2, 0) is 23.8 Å². The summed E-state index contributed by atoms with van der Waals surface area (Å²) >= 11 is 0. The van der Waals surface area contributed by atoms with Crippen LogP contribution >= 0.6 is 0 Å². The standard InChI is InChI=1S/C57H104O5/c1-4-7-10-13-16-18-20-22-24-26-28-30-32-34-36-38-40-43-46-49-52-60-53-55(62-57(59)51-48-45-41-15-12-9-6-3)54-61-56(58)50-47-44-42-39-37-35-33-31-29-27-25-23-21-19-17-14-11-8-5-2/h17,19,22-25,29,31,55H,4-16,18,20-21,26-28,30,32-54H2,1-3H3/b19-17-,24-22-,25-23-,31-29-. The van der Waals surface area contributed by atoms with Crippen LogP contribution in [0.15, 0.2) is 48.6 Å². The van der Waals surface area contributed by atoms with Gasteiger partial charge in [-0.3, -0.25) is 9.59 Å². The van der Waals surface area contributed by atoms with Crippen LogP contribution in [-0.4, -0.2) is 37.9 Å². The van der Waals surface area contributed by atoms with Gasteiger partial charge in [0.05, 0.1) is 6.61 Å². The van der Waals surface area contributed by atoms with Crippen molar-refractivity contribution in [2.75, 3.05) is 19.8 Å². The van der Waals surface area contributed by atoms with Gasteiger partial charge in [-0.05, 0) is 83.5 Å². The molecule has 0 saturated heterocycles. The van der Waals surface area contributed by atoms with Crippen molar-refractivity contribution < 1.29 is 23.8 Å². The van der Waals surface area contributed by atoms with Gasteiger partial charge < -0.3 is 14.2 Å². The molecule has 0 heterocycles. The molecule has 0 aliphatic carbocycles. The maximum Gasteiger partial charge on any atom is 0.306 e. The molecule has 0 rings (SSSR count). The highest BCUT2D eigenvalue weighted by atomic mass is 16.6. The molecule has 0 radical (unpaired) electrons. The van der Waals surface area contributed by atoms with Crippen molar-refractivity contribution in [1.82, 2.24) is 0 Å². The smallest absolute Gasteiger partial charge is 0.306 e. The molecule has 0 spiro atoms. The van der Waals surface area contributed by atoms with E-state index >= 15 is 0 Å². The minimum atomic E-state index is -0.538. The normalized spacial score (nSPS) is 12.5. The maximum absolute atomic E-state index is 12.7. The van der Waals surface area contributed by atoms with Crippen LogP contribution in [0.5, 0.6) is 0 Å². The Hall–Kier alpha value is -2.14. The average molecular weight is 869 g/mol. The average Bonchev–Trinajstić information content (AvgIpc) is 3.27. The van der Waals surface area contributed by atoms with Crippen molar-refractivity contribution in [1.29, 1.82) is 0 Å². The summed E-state index contributed by atoms with van der Waals surface area (Å²) in [6.45, 7) is 7.78. The zero-order valence-electron chi connectivity index (χ0n) is 41.6. The fraction of sp³-hybridized carbons (Fsp3) is 0.825. The Morgan fingerprint density at radius 2 is 0.677 bits per heavy atom. The van der Waals surface area contributed by atoms with Crippen LogP contribution in [0.2, 0.25) is 0 Å². The highest BCUT2D eigenvalue weighted by Crippen LogP contribution is 2.15. The lowest BCUT2D eigenvalue weighted by atomic mass is 10.1. The molecule has 0 aromatic rings. The molecule has 5 heteroatoms. The molecular weight excluding hydrogens is 765 g/mol. The minimum Gasteiger partial charge on any atom is -0.462 e. The van der Waals surface area contributed by atoms with E-state index in [1.807, 2.05) is 0 Å². The molecule has 0 saturated carbocycles. The quantitative estimate of drug-likeness (QED) is 0.0346. The van der Waals surface area contributed by atoms with E-state index in [1.165, 1.54) is 180 Å². The third-order valence-corrected chi connectivity index (χ3v) is 11.8. The van der Waals surface area contributed by atoms with Crippen molar-refractivity contribution in [2.45, 2.75) is 284 Å². The number of esters is 2. The minimum absolute atomic E-state index is 0.0804. The molecule has 362 valence electrons. The van der Waals surface area contributed by atoms with Crippen molar-refractivity contribution in [3.05, 3.63) is 48.6 Å². The molecule has 0 fully saturated rings. The molecule has 1 unspecified atom stereocenters. The lowest BCUT2D eigenvalue weighted by Crippen LogP contribution is -2.30. The zero-order valence-corrected chi connectivity index (χ0v) is 41.6. The Balaban J connectivity index is 4.09. The van der Waals surface area contributed by atoms with Crippen LogP contribution in [0.4, 0.5) is 0 Å². The molecule has 0 amide bonds. The highest BCUT2D eigenvalue weighted by molar-refractivity contribution is 5.70. The van der Waals surface area contributed by atoms with Gasteiger partial charge in [-0.1, -0.05) is 230 Å². The van der Waals surface area contributed by atoms with E-state index in [1.54, 1.807) is 0 Å². The van der Waals surface area contributed by atoms with Gasteiger partial charge in [-0.15, -0.1) is 0 Å². The van der Waals surface area contributed by atoms with Gasteiger partial charge in [-0.25, -0.2) is 0 Å². The number of hydrogen-bond acceptors (Lipinski definition) is 5. The Labute approximate surface area is 386 Å². The van der Waals surface area contributed by atoms with Crippen LogP contribution in [0, 0.1) is 0 Å². The fourth-order valence-electron chi connectivity index (χ4n) is 7.75. The second-order valence-corrected chi connectivity index (χ2v) is 18.1. The van der Waals surface area contributed by atoms with Gasteiger partial charge >= 0.3 is 11.9 Å². The lowest BCUT2D eigenvalue weighted by Gasteiger charge is -2.18. The van der Waals surface area contributed by atoms with Crippen molar-refractivity contribution in [2.24, 2.45) is 0 Å². The van der Waals surface area contributed by atoms with Crippen LogP contribution in [0.1, 0.15) is 278 Å². The second-order valence-electron chi connectivity index (χ2n) is 18.1. The summed E-state index contributed by atoms with van der Waals surface area (Å²) in [5.74, 6) is -0.408. The van der Waals surface area contributed by atoms with Gasteiger partial charge in [0.1, 0.15) is 6.61 Å². The van der Waals surface area contributed by atoms with E-state index in [2.05, 4.69) is 69.4 Å². The summed E-state index contributed by atoms with van der Waals surface area (Å²) in [6, 6.07) is 0. The van der Waals surface area contributed by atoms with E-state index in [9.17, 15) is 9.59 Å². The third-order valence-electron chi connectivity index (χ3n) is 11.8. The molecule has 62 heavy (non-hydrogen) atoms. The summed E-state index contributed by atoms with van der Waals surface area (Å²) in [6.07, 6.45) is 65.7. The molecule has 0 aliphatic rings. The summed E-state index contributed by atoms with van der Waals surface area (Å²) in [5, 5.41) is 0. The zero-order chi connectivity index (χ0) is 44.9. The maximum atomic E-state index is 12.7. The number of carbonyl (C=O) groups excluding carboxylic acids is 2. The Morgan fingerprint density at radius 3 is 1.13 bits per heavy atom. The summed E-state index contributed by atoms with van der Waals surface area (Å²) in [4.78, 5) is 25.3. The van der Waals surface area contributed by atoms with Crippen LogP contribution in [0.3, 0.4) is 0 Å². The van der Waals surface area contributed by atoms with Crippen LogP contribution < -0.4 is 0 Å². The largest absolute Gasteiger partial charge is 0.462 e. The highest BCUT2D eigenvalue weighted by Gasteiger charge is 2.17. The number of hydrogen-bond donors (Lipinski definition) is 0. The van der Waals surface area contributed by atoms with Gasteiger partial charge in [0, 0.05) is 19.4 Å². The molecule has 0 aromatic heterocycles. The topological polar surface area (TPSA) is 61.8 Å². The van der Waals surface area contributed by atoms with Gasteiger partial charge in [0.2, 0.25) is 0 Å². The number of rotatable bonds is 50. The number of unbranched alkanes of at least 4 members (excludes halogenated alkanes) is 31. The number of carbonyl (C=O) groups is 2. The number of ether oxygens (including phenoxy) is 3. The third kappa shape index (κ3) is 50.5. The first-order chi connectivity index (χ1) is 30.6. The Kier molecular flexibility index (Phi) is 51.4. The predicted octanol–water partition coefficient (Wildman–Crippen LogP) is 18.3. The van der Waals surface area contributed by atoms with Crippen molar-refractivity contribution in [3.63, 3.8) is 0 Å². The second kappa shape index (κ2) is 53.2. The molecule has 5 nitrogen and oxygen atoms in total. The van der Waals surface area contributed by atoms with Gasteiger partial charge in [-0.2, -0.15) is 0 Å². The summed E-state index contributed by atoms with van der Waals surface area (Å²) < 4.78 is 17.4. The van der Waals surface area contributed by atoms with Gasteiger partial charge in [0.25, 0.3) is 0 Å². The Bertz CT molecular complexity index is 1030. The van der Waals surface area contributed by atoms with E-state index in [4.69, 9.17) is 14.2 Å². The first-order valence-corrected chi connectivity index (χ1v) is 27.2. The molecule has 0 N–H and O–H groups in total. The SMILES string of the molecule is CCCCC/C=C\C/C=C\C/C=C\CCCCCCCCC(=O)OCC(COCCCCCCCCCCCC/C=C\CCCCCCCC)OC(=O)CCCCCCCCC. The lowest BCUT2D eigenvalue weighted by molar-refractivity contribution is -0.163. The van der Waals surface area contributed by atoms with Crippen molar-refractivity contribution >= 4 is 11.9 Å². The first-order valence-electron chi connectivity index (χ1n) is 27.2. The monoisotopic (exact) mass is 869 g/mol. The van der Waals surface area contributed by atoms with E-state index in [-0.39, 0.29) is 25.2 Å². The van der Waals surface area contributed by atoms with Crippen molar-refractivity contribution in [3.8, 4) is 0 Å². The van der Waals surface area contributed by atoms with Gasteiger partial charge in [0.15, 0.2) is 6.10 Å². The van der Waals surface area contributed by atoms with Crippen LogP contribution in [0.25, 0.3) is 0 Å². The molecule has 0 aromatic carbocycles. The van der Waals surface area contributed by atoms with E-state index in [0.29, 0.717) is 19.4 Å². The number of allylic oxidation sites excluding steroid dienone is 8. The van der Waals surface area contributed by atoms with E-state index in [0.717, 1.165) is 64.2 Å². The Morgan fingerprint density at radius 1 is 0.355 bits per heavy atom. The predicted molar refractivity (Wildman–Crippen MR) is 270 cm³/mol. The fourth-order valence-corrected chi connectivity index (χ4v) is 7.75. The molecular formula is C57H104O5. The summed E-state index contributed by atoms with van der Waals surface area (Å²) in [5.41, 5.74) is 0. The molecule has 1 atom stereocenters.